The van der Waals surface area contributed by atoms with Crippen LogP contribution >= 0.6 is 0 Å². The molecule has 0 aromatic heterocycles. The van der Waals surface area contributed by atoms with Gasteiger partial charge in [-0.05, 0) is 18.9 Å². The van der Waals surface area contributed by atoms with E-state index in [1.54, 1.807) is 6.08 Å². The maximum absolute atomic E-state index is 9.81. The number of rotatable bonds is 5. The average Bonchev–Trinajstić information content (AvgIpc) is 2.03. The van der Waals surface area contributed by atoms with Gasteiger partial charge >= 0.3 is 0 Å². The third-order valence-electron chi connectivity index (χ3n) is 1.11. The molecular weight excluding hydrogens is 136 g/mol. The molecule has 0 fully saturated rings. The van der Waals surface area contributed by atoms with E-state index in [1.807, 2.05) is 12.2 Å². The van der Waals surface area contributed by atoms with E-state index in [9.17, 15) is 4.79 Å². The fourth-order valence-electron chi connectivity index (χ4n) is 0.608. The van der Waals surface area contributed by atoms with Crippen molar-refractivity contribution in [2.24, 2.45) is 0 Å². The standard InChI is InChI=1S/C10H14O/c1-2-3-4-5-6-7-8-9-10-11/h3-4,6-10H,2,5H2,1H3/b4-3?,7-6+,9-8-. The monoisotopic (exact) mass is 150 g/mol. The van der Waals surface area contributed by atoms with Crippen molar-refractivity contribution >= 4 is 6.29 Å². The van der Waals surface area contributed by atoms with E-state index < -0.39 is 0 Å². The third-order valence-corrected chi connectivity index (χ3v) is 1.11. The molecule has 11 heavy (non-hydrogen) atoms. The maximum Gasteiger partial charge on any atom is 0.142 e. The zero-order valence-electron chi connectivity index (χ0n) is 6.86. The number of aldehydes is 1. The molecule has 0 aliphatic heterocycles. The maximum atomic E-state index is 9.81. The number of carbonyl (C=O) groups excluding carboxylic acids is 1. The molecule has 0 aromatic carbocycles. The molecule has 0 spiro atoms. The first-order chi connectivity index (χ1) is 5.41. The molecule has 0 saturated heterocycles. The van der Waals surface area contributed by atoms with Crippen molar-refractivity contribution in [3.63, 3.8) is 0 Å². The Bertz CT molecular complexity index is 164. The summed E-state index contributed by atoms with van der Waals surface area (Å²) in [4.78, 5) is 9.81. The number of hydrogen-bond donors (Lipinski definition) is 0. The van der Waals surface area contributed by atoms with Crippen molar-refractivity contribution in [2.45, 2.75) is 19.8 Å². The van der Waals surface area contributed by atoms with Crippen LogP contribution in [0, 0.1) is 0 Å². The summed E-state index contributed by atoms with van der Waals surface area (Å²) in [7, 11) is 0. The van der Waals surface area contributed by atoms with Crippen molar-refractivity contribution in [1.82, 2.24) is 0 Å². The van der Waals surface area contributed by atoms with Gasteiger partial charge in [-0.15, -0.1) is 0 Å². The molecule has 0 aliphatic carbocycles. The summed E-state index contributed by atoms with van der Waals surface area (Å²) >= 11 is 0. The molecule has 60 valence electrons. The van der Waals surface area contributed by atoms with Gasteiger partial charge in [0.05, 0.1) is 0 Å². The van der Waals surface area contributed by atoms with E-state index in [-0.39, 0.29) is 0 Å². The van der Waals surface area contributed by atoms with Crippen LogP contribution in [0.2, 0.25) is 0 Å². The fourth-order valence-corrected chi connectivity index (χ4v) is 0.608. The Hall–Kier alpha value is -1.11. The zero-order valence-corrected chi connectivity index (χ0v) is 6.86. The van der Waals surface area contributed by atoms with Gasteiger partial charge in [0.2, 0.25) is 0 Å². The molecule has 0 bridgehead atoms. The summed E-state index contributed by atoms with van der Waals surface area (Å²) in [5.74, 6) is 0. The van der Waals surface area contributed by atoms with Crippen LogP contribution in [0.3, 0.4) is 0 Å². The minimum absolute atomic E-state index is 0.770. The van der Waals surface area contributed by atoms with Crippen LogP contribution in [-0.4, -0.2) is 6.29 Å². The predicted octanol–water partition coefficient (Wildman–Crippen LogP) is 2.65. The van der Waals surface area contributed by atoms with Crippen LogP contribution in [0.4, 0.5) is 0 Å². The summed E-state index contributed by atoms with van der Waals surface area (Å²) in [5.41, 5.74) is 0. The van der Waals surface area contributed by atoms with Gasteiger partial charge in [0, 0.05) is 0 Å². The van der Waals surface area contributed by atoms with Gasteiger partial charge in [-0.25, -0.2) is 0 Å². The highest BCUT2D eigenvalue weighted by Gasteiger charge is 1.68. The van der Waals surface area contributed by atoms with Gasteiger partial charge in [0.1, 0.15) is 6.29 Å². The number of carbonyl (C=O) groups is 1. The van der Waals surface area contributed by atoms with Gasteiger partial charge in [0.25, 0.3) is 0 Å². The fraction of sp³-hybridized carbons (Fsp3) is 0.300. The molecule has 0 amide bonds. The lowest BCUT2D eigenvalue weighted by Gasteiger charge is -1.78. The topological polar surface area (TPSA) is 17.1 Å². The first kappa shape index (κ1) is 9.89. The summed E-state index contributed by atoms with van der Waals surface area (Å²) in [6.07, 6.45) is 14.1. The second-order valence-corrected chi connectivity index (χ2v) is 2.06. The SMILES string of the molecule is CCC=CC/C=C/C=C\C=O. The van der Waals surface area contributed by atoms with E-state index in [1.165, 1.54) is 6.08 Å². The van der Waals surface area contributed by atoms with Crippen LogP contribution in [0.15, 0.2) is 36.5 Å². The smallest absolute Gasteiger partial charge is 0.142 e. The molecule has 0 radical (unpaired) electrons. The molecule has 1 heteroatoms. The van der Waals surface area contributed by atoms with Crippen molar-refractivity contribution < 1.29 is 4.79 Å². The zero-order chi connectivity index (χ0) is 8.36. The molecule has 0 rings (SSSR count). The van der Waals surface area contributed by atoms with Crippen LogP contribution < -0.4 is 0 Å². The molecule has 0 N–H and O–H groups in total. The van der Waals surface area contributed by atoms with Crippen molar-refractivity contribution in [2.75, 3.05) is 0 Å². The van der Waals surface area contributed by atoms with Gasteiger partial charge in [-0.1, -0.05) is 37.3 Å². The molecule has 0 atom stereocenters. The minimum atomic E-state index is 0.770. The average molecular weight is 150 g/mol. The molecule has 0 aromatic rings. The summed E-state index contributed by atoms with van der Waals surface area (Å²) in [6, 6.07) is 0. The highest BCUT2D eigenvalue weighted by Crippen LogP contribution is 1.88. The highest BCUT2D eigenvalue weighted by molar-refractivity contribution is 5.65. The molecule has 0 heterocycles. The van der Waals surface area contributed by atoms with E-state index >= 15 is 0 Å². The van der Waals surface area contributed by atoms with E-state index in [0.717, 1.165) is 19.1 Å². The van der Waals surface area contributed by atoms with E-state index in [0.29, 0.717) is 0 Å². The summed E-state index contributed by atoms with van der Waals surface area (Å²) < 4.78 is 0. The summed E-state index contributed by atoms with van der Waals surface area (Å²) in [5, 5.41) is 0. The normalized spacial score (nSPS) is 12.1. The molecule has 1 nitrogen and oxygen atoms in total. The van der Waals surface area contributed by atoms with Crippen molar-refractivity contribution in [3.8, 4) is 0 Å². The minimum Gasteiger partial charge on any atom is -0.299 e. The quantitative estimate of drug-likeness (QED) is 0.255. The second kappa shape index (κ2) is 8.89. The molecule has 0 aliphatic rings. The second-order valence-electron chi connectivity index (χ2n) is 2.06. The van der Waals surface area contributed by atoms with E-state index in [2.05, 4.69) is 19.1 Å². The Morgan fingerprint density at radius 3 is 2.45 bits per heavy atom. The van der Waals surface area contributed by atoms with Gasteiger partial charge in [0.15, 0.2) is 0 Å². The Kier molecular flexibility index (Phi) is 7.99. The first-order valence-electron chi connectivity index (χ1n) is 3.83. The lowest BCUT2D eigenvalue weighted by atomic mass is 10.3. The van der Waals surface area contributed by atoms with Gasteiger partial charge in [-0.2, -0.15) is 0 Å². The van der Waals surface area contributed by atoms with Crippen LogP contribution in [0.25, 0.3) is 0 Å². The summed E-state index contributed by atoms with van der Waals surface area (Å²) in [6.45, 7) is 2.10. The Balaban J connectivity index is 3.36. The molecule has 0 unspecified atom stereocenters. The van der Waals surface area contributed by atoms with Crippen LogP contribution in [0.1, 0.15) is 19.8 Å². The lowest BCUT2D eigenvalue weighted by Crippen LogP contribution is -1.59. The van der Waals surface area contributed by atoms with Crippen LogP contribution in [-0.2, 0) is 4.79 Å². The van der Waals surface area contributed by atoms with E-state index in [4.69, 9.17) is 0 Å². The first-order valence-corrected chi connectivity index (χ1v) is 3.83. The highest BCUT2D eigenvalue weighted by atomic mass is 16.1. The largest absolute Gasteiger partial charge is 0.299 e. The van der Waals surface area contributed by atoms with Crippen molar-refractivity contribution in [1.29, 1.82) is 0 Å². The third kappa shape index (κ3) is 8.89. The van der Waals surface area contributed by atoms with Gasteiger partial charge in [-0.3, -0.25) is 4.79 Å². The molecular formula is C10H14O. The Morgan fingerprint density at radius 1 is 1.00 bits per heavy atom. The predicted molar refractivity (Wildman–Crippen MR) is 48.4 cm³/mol. The Labute approximate surface area is 68.1 Å². The van der Waals surface area contributed by atoms with Crippen LogP contribution in [0.5, 0.6) is 0 Å². The van der Waals surface area contributed by atoms with Crippen molar-refractivity contribution in [3.05, 3.63) is 36.5 Å². The Morgan fingerprint density at radius 2 is 1.82 bits per heavy atom. The lowest BCUT2D eigenvalue weighted by molar-refractivity contribution is -0.104. The number of hydrogen-bond acceptors (Lipinski definition) is 1. The number of allylic oxidation sites excluding steroid dienone is 6. The molecule has 0 saturated carbocycles. The van der Waals surface area contributed by atoms with Gasteiger partial charge < -0.3 is 0 Å².